The summed E-state index contributed by atoms with van der Waals surface area (Å²) in [7, 11) is 0. The van der Waals surface area contributed by atoms with Crippen molar-refractivity contribution in [2.75, 3.05) is 0 Å². The molecule has 2 nitrogen and oxygen atoms in total. The highest BCUT2D eigenvalue weighted by molar-refractivity contribution is 6.05. The van der Waals surface area contributed by atoms with Crippen molar-refractivity contribution in [1.82, 2.24) is 4.98 Å². The van der Waals surface area contributed by atoms with Gasteiger partial charge >= 0.3 is 0 Å². The van der Waals surface area contributed by atoms with Gasteiger partial charge in [-0.2, -0.15) is 0 Å². The normalized spacial score (nSPS) is 12.5. The van der Waals surface area contributed by atoms with Crippen molar-refractivity contribution in [3.63, 3.8) is 0 Å². The van der Waals surface area contributed by atoms with Gasteiger partial charge in [0, 0.05) is 16.3 Å². The number of H-pyrrole nitrogens is 1. The summed E-state index contributed by atoms with van der Waals surface area (Å²) >= 11 is 0. The van der Waals surface area contributed by atoms with Gasteiger partial charge in [-0.05, 0) is 34.6 Å². The summed E-state index contributed by atoms with van der Waals surface area (Å²) in [5, 5.41) is 2.82. The van der Waals surface area contributed by atoms with Gasteiger partial charge in [0.15, 0.2) is 0 Å². The number of aromatic amines is 1. The molecular formula is C19H19NO. The topological polar surface area (TPSA) is 32.9 Å². The maximum atomic E-state index is 12.1. The number of para-hydroxylation sites is 1. The van der Waals surface area contributed by atoms with Crippen LogP contribution in [-0.4, -0.2) is 4.98 Å². The molecule has 0 saturated carbocycles. The van der Waals surface area contributed by atoms with E-state index < -0.39 is 0 Å². The van der Waals surface area contributed by atoms with E-state index in [-0.39, 0.29) is 11.0 Å². The highest BCUT2D eigenvalue weighted by Gasteiger charge is 2.06. The van der Waals surface area contributed by atoms with Gasteiger partial charge in [-0.3, -0.25) is 4.79 Å². The van der Waals surface area contributed by atoms with Crippen molar-refractivity contribution >= 4 is 27.8 Å². The van der Waals surface area contributed by atoms with Crippen LogP contribution in [0.3, 0.4) is 0 Å². The summed E-state index contributed by atoms with van der Waals surface area (Å²) < 4.78 is 0. The second kappa shape index (κ2) is 4.88. The number of aromatic nitrogens is 1. The van der Waals surface area contributed by atoms with E-state index in [4.69, 9.17) is 0 Å². The van der Waals surface area contributed by atoms with E-state index in [1.54, 1.807) is 0 Å². The summed E-state index contributed by atoms with van der Waals surface area (Å²) in [6.07, 6.45) is 4.30. The summed E-state index contributed by atoms with van der Waals surface area (Å²) in [6.45, 7) is 6.51. The number of hydrogen-bond donors (Lipinski definition) is 1. The van der Waals surface area contributed by atoms with Crippen LogP contribution in [0.5, 0.6) is 0 Å². The SMILES string of the molecule is CC(C)(C)/C=C/c1ccc2c(=O)[nH]c3ccccc3c2c1. The molecule has 0 atom stereocenters. The third-order valence-corrected chi connectivity index (χ3v) is 3.53. The Balaban J connectivity index is 2.27. The van der Waals surface area contributed by atoms with E-state index in [1.165, 1.54) is 0 Å². The fourth-order valence-electron chi connectivity index (χ4n) is 2.45. The van der Waals surface area contributed by atoms with Crippen LogP contribution in [0.4, 0.5) is 0 Å². The molecule has 0 unspecified atom stereocenters. The number of allylic oxidation sites excluding steroid dienone is 1. The lowest BCUT2D eigenvalue weighted by Gasteiger charge is -2.11. The highest BCUT2D eigenvalue weighted by Crippen LogP contribution is 2.24. The lowest BCUT2D eigenvalue weighted by Crippen LogP contribution is -2.06. The minimum atomic E-state index is -0.0324. The van der Waals surface area contributed by atoms with Crippen LogP contribution in [0.2, 0.25) is 0 Å². The van der Waals surface area contributed by atoms with Crippen molar-refractivity contribution < 1.29 is 0 Å². The third-order valence-electron chi connectivity index (χ3n) is 3.53. The van der Waals surface area contributed by atoms with Crippen LogP contribution in [0, 0.1) is 5.41 Å². The predicted molar refractivity (Wildman–Crippen MR) is 90.6 cm³/mol. The van der Waals surface area contributed by atoms with Gasteiger partial charge < -0.3 is 4.98 Å². The molecule has 2 aromatic carbocycles. The van der Waals surface area contributed by atoms with E-state index >= 15 is 0 Å². The summed E-state index contributed by atoms with van der Waals surface area (Å²) in [4.78, 5) is 15.1. The zero-order valence-electron chi connectivity index (χ0n) is 12.6. The second-order valence-electron chi connectivity index (χ2n) is 6.50. The Kier molecular flexibility index (Phi) is 3.17. The summed E-state index contributed by atoms with van der Waals surface area (Å²) in [5.74, 6) is 0. The molecule has 0 radical (unpaired) electrons. The Morgan fingerprint density at radius 2 is 1.71 bits per heavy atom. The lowest BCUT2D eigenvalue weighted by atomic mass is 9.95. The first-order valence-electron chi connectivity index (χ1n) is 7.18. The van der Waals surface area contributed by atoms with Crippen molar-refractivity contribution in [3.8, 4) is 0 Å². The van der Waals surface area contributed by atoms with Gasteiger partial charge in [0.2, 0.25) is 0 Å². The molecule has 3 aromatic rings. The number of fused-ring (bicyclic) bond motifs is 3. The molecule has 106 valence electrons. The quantitative estimate of drug-likeness (QED) is 0.640. The fourth-order valence-corrected chi connectivity index (χ4v) is 2.45. The van der Waals surface area contributed by atoms with Crippen LogP contribution in [0.1, 0.15) is 26.3 Å². The molecule has 21 heavy (non-hydrogen) atoms. The van der Waals surface area contributed by atoms with Gasteiger partial charge in [0.25, 0.3) is 5.56 Å². The van der Waals surface area contributed by atoms with E-state index in [9.17, 15) is 4.79 Å². The molecule has 1 aromatic heterocycles. The first-order chi connectivity index (χ1) is 9.94. The summed E-state index contributed by atoms with van der Waals surface area (Å²) in [5.41, 5.74) is 2.11. The Morgan fingerprint density at radius 1 is 0.952 bits per heavy atom. The summed E-state index contributed by atoms with van der Waals surface area (Å²) in [6, 6.07) is 13.9. The number of nitrogens with one attached hydrogen (secondary N) is 1. The van der Waals surface area contributed by atoms with Crippen LogP contribution in [0.15, 0.2) is 53.3 Å². The molecule has 0 bridgehead atoms. The van der Waals surface area contributed by atoms with Gasteiger partial charge in [-0.25, -0.2) is 0 Å². The van der Waals surface area contributed by atoms with E-state index in [0.29, 0.717) is 0 Å². The van der Waals surface area contributed by atoms with E-state index in [0.717, 1.165) is 27.2 Å². The van der Waals surface area contributed by atoms with Crippen LogP contribution >= 0.6 is 0 Å². The molecule has 0 saturated heterocycles. The van der Waals surface area contributed by atoms with Gasteiger partial charge in [0.1, 0.15) is 0 Å². The molecule has 1 heterocycles. The van der Waals surface area contributed by atoms with Crippen LogP contribution in [-0.2, 0) is 0 Å². The smallest absolute Gasteiger partial charge is 0.256 e. The molecule has 3 rings (SSSR count). The molecule has 0 aliphatic carbocycles. The maximum absolute atomic E-state index is 12.1. The first-order valence-corrected chi connectivity index (χ1v) is 7.18. The molecule has 0 aliphatic rings. The predicted octanol–water partition coefficient (Wildman–Crippen LogP) is 4.74. The molecular weight excluding hydrogens is 258 g/mol. The Morgan fingerprint density at radius 3 is 2.48 bits per heavy atom. The van der Waals surface area contributed by atoms with Gasteiger partial charge in [0.05, 0.1) is 0 Å². The molecule has 0 spiro atoms. The molecule has 0 fully saturated rings. The minimum Gasteiger partial charge on any atom is -0.321 e. The largest absolute Gasteiger partial charge is 0.321 e. The van der Waals surface area contributed by atoms with Crippen LogP contribution < -0.4 is 5.56 Å². The number of rotatable bonds is 1. The number of benzene rings is 2. The maximum Gasteiger partial charge on any atom is 0.256 e. The van der Waals surface area contributed by atoms with Crippen molar-refractivity contribution in [1.29, 1.82) is 0 Å². The molecule has 0 amide bonds. The fraction of sp³-hybridized carbons (Fsp3) is 0.211. The highest BCUT2D eigenvalue weighted by atomic mass is 16.1. The molecule has 0 aliphatic heterocycles. The third kappa shape index (κ3) is 2.75. The zero-order chi connectivity index (χ0) is 15.0. The van der Waals surface area contributed by atoms with Crippen LogP contribution in [0.25, 0.3) is 27.8 Å². The number of pyridine rings is 1. The average Bonchev–Trinajstić information content (AvgIpc) is 2.44. The Hall–Kier alpha value is -2.35. The molecule has 1 N–H and O–H groups in total. The zero-order valence-corrected chi connectivity index (χ0v) is 12.6. The van der Waals surface area contributed by atoms with Gasteiger partial charge in [-0.1, -0.05) is 57.2 Å². The van der Waals surface area contributed by atoms with Gasteiger partial charge in [-0.15, -0.1) is 0 Å². The Bertz CT molecular complexity index is 895. The lowest BCUT2D eigenvalue weighted by molar-refractivity contribution is 0.547. The van der Waals surface area contributed by atoms with Crippen molar-refractivity contribution in [2.45, 2.75) is 20.8 Å². The first kappa shape index (κ1) is 13.6. The monoisotopic (exact) mass is 277 g/mol. The molecule has 2 heteroatoms. The second-order valence-corrected chi connectivity index (χ2v) is 6.50. The van der Waals surface area contributed by atoms with E-state index in [2.05, 4.69) is 44.0 Å². The van der Waals surface area contributed by atoms with E-state index in [1.807, 2.05) is 36.4 Å². The average molecular weight is 277 g/mol. The van der Waals surface area contributed by atoms with Crippen molar-refractivity contribution in [3.05, 3.63) is 64.5 Å². The minimum absolute atomic E-state index is 0.0324. The van der Waals surface area contributed by atoms with Crippen molar-refractivity contribution in [2.24, 2.45) is 5.41 Å². The Labute approximate surface area is 124 Å². The number of hydrogen-bond acceptors (Lipinski definition) is 1. The standard InChI is InChI=1S/C19H19NO/c1-19(2,3)11-10-13-8-9-15-16(12-13)14-6-4-5-7-17(14)20-18(15)21/h4-12H,1-3H3,(H,20,21)/b11-10+.